The molecule has 0 aliphatic rings. The molecule has 0 aliphatic carbocycles. The Balaban J connectivity index is 2.47. The molecule has 5 heteroatoms. The predicted molar refractivity (Wildman–Crippen MR) is 57.0 cm³/mol. The van der Waals surface area contributed by atoms with Gasteiger partial charge < -0.3 is 15.8 Å². The molecule has 5 nitrogen and oxygen atoms in total. The maximum atomic E-state index is 11.2. The average Bonchev–Trinajstić information content (AvgIpc) is 2.18. The van der Waals surface area contributed by atoms with Gasteiger partial charge >= 0.3 is 6.09 Å². The highest BCUT2D eigenvalue weighted by Gasteiger charge is 2.10. The van der Waals surface area contributed by atoms with E-state index >= 15 is 0 Å². The lowest BCUT2D eigenvalue weighted by Crippen LogP contribution is -2.43. The molecule has 0 aliphatic heterocycles. The van der Waals surface area contributed by atoms with Crippen molar-refractivity contribution in [2.75, 3.05) is 0 Å². The van der Waals surface area contributed by atoms with Gasteiger partial charge in [0.1, 0.15) is 11.6 Å². The monoisotopic (exact) mass is 207 g/mol. The average molecular weight is 207 g/mol. The van der Waals surface area contributed by atoms with Crippen LogP contribution in [0.4, 0.5) is 4.79 Å². The second-order valence-corrected chi connectivity index (χ2v) is 3.02. The van der Waals surface area contributed by atoms with E-state index in [2.05, 4.69) is 5.32 Å². The van der Waals surface area contributed by atoms with Crippen molar-refractivity contribution >= 4 is 11.9 Å². The van der Waals surface area contributed by atoms with Crippen LogP contribution in [0.15, 0.2) is 30.3 Å². The van der Waals surface area contributed by atoms with Gasteiger partial charge in [-0.2, -0.15) is 0 Å². The van der Waals surface area contributed by atoms with Gasteiger partial charge in [0.25, 0.3) is 0 Å². The van der Waals surface area contributed by atoms with Gasteiger partial charge in [-0.1, -0.05) is 18.2 Å². The number of hydrogen-bond acceptors (Lipinski definition) is 3. The van der Waals surface area contributed by atoms with Crippen molar-refractivity contribution in [1.29, 1.82) is 5.41 Å². The first-order chi connectivity index (χ1) is 7.09. The summed E-state index contributed by atoms with van der Waals surface area (Å²) in [6, 6.07) is 8.15. The van der Waals surface area contributed by atoms with Gasteiger partial charge in [0.2, 0.25) is 0 Å². The number of ether oxygens (including phenoxy) is 1. The fourth-order valence-electron chi connectivity index (χ4n) is 0.880. The van der Waals surface area contributed by atoms with E-state index in [1.54, 1.807) is 31.2 Å². The molecular weight excluding hydrogens is 194 g/mol. The first kappa shape index (κ1) is 11.0. The third-order valence-electron chi connectivity index (χ3n) is 1.75. The van der Waals surface area contributed by atoms with Crippen molar-refractivity contribution in [3.05, 3.63) is 30.3 Å². The summed E-state index contributed by atoms with van der Waals surface area (Å²) in [6.07, 6.45) is -0.621. The van der Waals surface area contributed by atoms with Gasteiger partial charge in [0.15, 0.2) is 0 Å². The highest BCUT2D eigenvalue weighted by Crippen LogP contribution is 2.08. The number of nitrogens with two attached hydrogens (primary N) is 1. The first-order valence-corrected chi connectivity index (χ1v) is 4.47. The van der Waals surface area contributed by atoms with Crippen molar-refractivity contribution in [2.45, 2.75) is 13.0 Å². The number of nitrogens with one attached hydrogen (secondary N) is 2. The number of carbonyl (C=O) groups excluding carboxylic acids is 1. The van der Waals surface area contributed by atoms with Crippen LogP contribution in [-0.2, 0) is 0 Å². The lowest BCUT2D eigenvalue weighted by Gasteiger charge is -2.11. The van der Waals surface area contributed by atoms with Crippen molar-refractivity contribution < 1.29 is 9.53 Å². The molecule has 0 radical (unpaired) electrons. The Kier molecular flexibility index (Phi) is 3.68. The number of amidine groups is 1. The lowest BCUT2D eigenvalue weighted by molar-refractivity contribution is 0.199. The van der Waals surface area contributed by atoms with E-state index in [9.17, 15) is 4.79 Å². The highest BCUT2D eigenvalue weighted by atomic mass is 16.6. The molecule has 1 atom stereocenters. The molecule has 1 aromatic carbocycles. The third kappa shape index (κ3) is 3.68. The SMILES string of the molecule is CC(NC(=O)Oc1ccccc1)C(=N)N. The Morgan fingerprint density at radius 1 is 1.47 bits per heavy atom. The van der Waals surface area contributed by atoms with Crippen LogP contribution in [0.3, 0.4) is 0 Å². The Bertz CT molecular complexity index is 351. The van der Waals surface area contributed by atoms with Crippen LogP contribution in [0.5, 0.6) is 5.75 Å². The summed E-state index contributed by atoms with van der Waals surface area (Å²) >= 11 is 0. The molecule has 15 heavy (non-hydrogen) atoms. The van der Waals surface area contributed by atoms with Gasteiger partial charge in [-0.15, -0.1) is 0 Å². The first-order valence-electron chi connectivity index (χ1n) is 4.47. The number of amides is 1. The van der Waals surface area contributed by atoms with Gasteiger partial charge in [0.05, 0.1) is 6.04 Å². The molecule has 1 aromatic rings. The maximum Gasteiger partial charge on any atom is 0.413 e. The minimum atomic E-state index is -0.621. The summed E-state index contributed by atoms with van der Waals surface area (Å²) in [4.78, 5) is 11.2. The molecule has 80 valence electrons. The number of para-hydroxylation sites is 1. The molecule has 0 fully saturated rings. The molecule has 0 heterocycles. The standard InChI is InChI=1S/C10H13N3O2/c1-7(9(11)12)13-10(14)15-8-5-3-2-4-6-8/h2-7H,1H3,(H3,11,12)(H,13,14). The normalized spacial score (nSPS) is 11.5. The smallest absolute Gasteiger partial charge is 0.410 e. The Morgan fingerprint density at radius 2 is 2.07 bits per heavy atom. The van der Waals surface area contributed by atoms with E-state index in [0.717, 1.165) is 0 Å². The van der Waals surface area contributed by atoms with Crippen LogP contribution < -0.4 is 15.8 Å². The topological polar surface area (TPSA) is 88.2 Å². The Hall–Kier alpha value is -2.04. The largest absolute Gasteiger partial charge is 0.413 e. The summed E-state index contributed by atoms with van der Waals surface area (Å²) in [5.74, 6) is 0.339. The lowest BCUT2D eigenvalue weighted by atomic mass is 10.3. The van der Waals surface area contributed by atoms with Gasteiger partial charge in [-0.05, 0) is 19.1 Å². The summed E-state index contributed by atoms with van der Waals surface area (Å²) in [7, 11) is 0. The van der Waals surface area contributed by atoms with Gasteiger partial charge in [-0.25, -0.2) is 4.79 Å². The summed E-state index contributed by atoms with van der Waals surface area (Å²) < 4.78 is 4.93. The molecule has 1 rings (SSSR count). The van der Waals surface area contributed by atoms with Crippen LogP contribution in [-0.4, -0.2) is 18.0 Å². The van der Waals surface area contributed by atoms with E-state index < -0.39 is 12.1 Å². The molecule has 1 unspecified atom stereocenters. The minimum Gasteiger partial charge on any atom is -0.410 e. The molecule has 0 spiro atoms. The fraction of sp³-hybridized carbons (Fsp3) is 0.200. The molecule has 1 amide bonds. The van der Waals surface area contributed by atoms with E-state index in [-0.39, 0.29) is 5.84 Å². The van der Waals surface area contributed by atoms with Crippen molar-refractivity contribution in [1.82, 2.24) is 5.32 Å². The maximum absolute atomic E-state index is 11.2. The van der Waals surface area contributed by atoms with E-state index in [1.807, 2.05) is 6.07 Å². The molecule has 0 saturated carbocycles. The van der Waals surface area contributed by atoms with Crippen LogP contribution in [0.25, 0.3) is 0 Å². The van der Waals surface area contributed by atoms with E-state index in [0.29, 0.717) is 5.75 Å². The zero-order valence-corrected chi connectivity index (χ0v) is 8.36. The molecule has 0 bridgehead atoms. The second-order valence-electron chi connectivity index (χ2n) is 3.02. The Labute approximate surface area is 87.7 Å². The number of benzene rings is 1. The molecule has 4 N–H and O–H groups in total. The van der Waals surface area contributed by atoms with Gasteiger partial charge in [-0.3, -0.25) is 5.41 Å². The number of rotatable bonds is 3. The summed E-state index contributed by atoms with van der Waals surface area (Å²) in [6.45, 7) is 1.61. The van der Waals surface area contributed by atoms with Crippen LogP contribution in [0.1, 0.15) is 6.92 Å². The van der Waals surface area contributed by atoms with Crippen molar-refractivity contribution in [3.8, 4) is 5.75 Å². The zero-order valence-electron chi connectivity index (χ0n) is 8.36. The van der Waals surface area contributed by atoms with Crippen LogP contribution in [0, 0.1) is 5.41 Å². The van der Waals surface area contributed by atoms with Crippen molar-refractivity contribution in [3.63, 3.8) is 0 Å². The highest BCUT2D eigenvalue weighted by molar-refractivity contribution is 5.86. The summed E-state index contributed by atoms with van der Waals surface area (Å²) in [5, 5.41) is 9.50. The summed E-state index contributed by atoms with van der Waals surface area (Å²) in [5.41, 5.74) is 5.19. The van der Waals surface area contributed by atoms with E-state index in [4.69, 9.17) is 15.9 Å². The molecular formula is C10H13N3O2. The zero-order chi connectivity index (χ0) is 11.3. The van der Waals surface area contributed by atoms with Gasteiger partial charge in [0, 0.05) is 0 Å². The minimum absolute atomic E-state index is 0.111. The number of hydrogen-bond donors (Lipinski definition) is 3. The van der Waals surface area contributed by atoms with Crippen molar-refractivity contribution in [2.24, 2.45) is 5.73 Å². The number of carbonyl (C=O) groups is 1. The quantitative estimate of drug-likeness (QED) is 0.512. The fourth-order valence-corrected chi connectivity index (χ4v) is 0.880. The third-order valence-corrected chi connectivity index (χ3v) is 1.75. The predicted octanol–water partition coefficient (Wildman–Crippen LogP) is 1.10. The van der Waals surface area contributed by atoms with E-state index in [1.165, 1.54) is 0 Å². The second kappa shape index (κ2) is 4.99. The van der Waals surface area contributed by atoms with Crippen LogP contribution >= 0.6 is 0 Å². The van der Waals surface area contributed by atoms with Crippen LogP contribution in [0.2, 0.25) is 0 Å². The Morgan fingerprint density at radius 3 is 2.60 bits per heavy atom. The molecule has 0 saturated heterocycles. The molecule has 0 aromatic heterocycles.